The van der Waals surface area contributed by atoms with Gasteiger partial charge in [0.1, 0.15) is 5.82 Å². The zero-order chi connectivity index (χ0) is 19.7. The minimum atomic E-state index is -4.50. The highest BCUT2D eigenvalue weighted by Crippen LogP contribution is 2.37. The summed E-state index contributed by atoms with van der Waals surface area (Å²) in [6.45, 7) is 2.05. The molecule has 144 valence electrons. The average Bonchev–Trinajstić information content (AvgIpc) is 2.63. The first-order valence-corrected chi connectivity index (χ1v) is 8.55. The minimum Gasteiger partial charge on any atom is -0.381 e. The Morgan fingerprint density at radius 2 is 1.70 bits per heavy atom. The number of hydrogen-bond acceptors (Lipinski definition) is 2. The van der Waals surface area contributed by atoms with Crippen LogP contribution < -0.4 is 5.32 Å². The summed E-state index contributed by atoms with van der Waals surface area (Å²) in [4.78, 5) is 13.1. The predicted molar refractivity (Wildman–Crippen MR) is 92.9 cm³/mol. The van der Waals surface area contributed by atoms with Crippen molar-refractivity contribution in [1.82, 2.24) is 0 Å². The van der Waals surface area contributed by atoms with Crippen LogP contribution in [0.4, 0.5) is 23.2 Å². The molecule has 0 saturated carbocycles. The van der Waals surface area contributed by atoms with Gasteiger partial charge in [-0.2, -0.15) is 13.2 Å². The molecule has 1 aliphatic heterocycles. The van der Waals surface area contributed by atoms with E-state index in [4.69, 9.17) is 4.74 Å². The maximum Gasteiger partial charge on any atom is 0.416 e. The van der Waals surface area contributed by atoms with Crippen molar-refractivity contribution in [3.05, 3.63) is 65.0 Å². The van der Waals surface area contributed by atoms with Crippen LogP contribution in [0.25, 0.3) is 0 Å². The van der Waals surface area contributed by atoms with Gasteiger partial charge in [0.15, 0.2) is 0 Å². The molecule has 1 amide bonds. The van der Waals surface area contributed by atoms with Gasteiger partial charge in [0, 0.05) is 18.9 Å². The highest BCUT2D eigenvalue weighted by molar-refractivity contribution is 5.99. The summed E-state index contributed by atoms with van der Waals surface area (Å²) in [5, 5.41) is 2.62. The highest BCUT2D eigenvalue weighted by Gasteiger charge is 2.42. The summed E-state index contributed by atoms with van der Waals surface area (Å²) in [7, 11) is 0. The van der Waals surface area contributed by atoms with Gasteiger partial charge in [0.2, 0.25) is 5.91 Å². The number of nitrogens with one attached hydrogen (secondary N) is 1. The van der Waals surface area contributed by atoms with Crippen LogP contribution in [-0.4, -0.2) is 19.1 Å². The highest BCUT2D eigenvalue weighted by atomic mass is 19.4. The summed E-state index contributed by atoms with van der Waals surface area (Å²) < 4.78 is 58.0. The Hall–Kier alpha value is -2.41. The number of alkyl halides is 3. The first-order chi connectivity index (χ1) is 12.7. The molecule has 3 nitrogen and oxygen atoms in total. The Balaban J connectivity index is 1.93. The molecular formula is C20H19F4NO2. The molecule has 0 atom stereocenters. The van der Waals surface area contributed by atoms with Crippen LogP contribution in [0.3, 0.4) is 0 Å². The molecule has 0 unspecified atom stereocenters. The smallest absolute Gasteiger partial charge is 0.381 e. The normalized spacial score (nSPS) is 16.8. The second kappa shape index (κ2) is 7.31. The summed E-state index contributed by atoms with van der Waals surface area (Å²) >= 11 is 0. The van der Waals surface area contributed by atoms with E-state index in [0.29, 0.717) is 31.6 Å². The largest absolute Gasteiger partial charge is 0.416 e. The number of benzene rings is 2. The second-order valence-corrected chi connectivity index (χ2v) is 6.68. The van der Waals surface area contributed by atoms with Crippen LogP contribution in [0.15, 0.2) is 42.5 Å². The lowest BCUT2D eigenvalue weighted by atomic mass is 9.73. The summed E-state index contributed by atoms with van der Waals surface area (Å²) in [6, 6.07) is 9.33. The van der Waals surface area contributed by atoms with Crippen LogP contribution in [0.2, 0.25) is 0 Å². The molecule has 1 saturated heterocycles. The lowest BCUT2D eigenvalue weighted by Gasteiger charge is -2.36. The number of carbonyl (C=O) groups excluding carboxylic acids is 1. The number of aryl methyl sites for hydroxylation is 1. The lowest BCUT2D eigenvalue weighted by molar-refractivity contribution is -0.138. The Morgan fingerprint density at radius 3 is 2.30 bits per heavy atom. The van der Waals surface area contributed by atoms with E-state index in [9.17, 15) is 22.4 Å². The van der Waals surface area contributed by atoms with Crippen LogP contribution >= 0.6 is 0 Å². The molecule has 1 heterocycles. The van der Waals surface area contributed by atoms with E-state index in [1.807, 2.05) is 0 Å². The van der Waals surface area contributed by atoms with Gasteiger partial charge in [-0.1, -0.05) is 18.2 Å². The predicted octanol–water partition coefficient (Wildman–Crippen LogP) is 4.84. The van der Waals surface area contributed by atoms with Gasteiger partial charge in [-0.3, -0.25) is 4.79 Å². The number of amides is 1. The number of halogens is 4. The molecule has 0 spiro atoms. The van der Waals surface area contributed by atoms with Crippen molar-refractivity contribution < 1.29 is 27.1 Å². The van der Waals surface area contributed by atoms with Gasteiger partial charge in [0.05, 0.1) is 11.0 Å². The van der Waals surface area contributed by atoms with Gasteiger partial charge in [-0.05, 0) is 55.2 Å². The molecule has 27 heavy (non-hydrogen) atoms. The molecule has 0 radical (unpaired) electrons. The van der Waals surface area contributed by atoms with Gasteiger partial charge in [-0.25, -0.2) is 4.39 Å². The van der Waals surface area contributed by atoms with Crippen molar-refractivity contribution in [2.24, 2.45) is 0 Å². The van der Waals surface area contributed by atoms with Crippen molar-refractivity contribution >= 4 is 11.6 Å². The summed E-state index contributed by atoms with van der Waals surface area (Å²) in [5.41, 5.74) is -0.989. The third-order valence-electron chi connectivity index (χ3n) is 4.98. The fourth-order valence-corrected chi connectivity index (χ4v) is 3.39. The third-order valence-corrected chi connectivity index (χ3v) is 4.98. The molecule has 1 aliphatic rings. The summed E-state index contributed by atoms with van der Waals surface area (Å²) in [5.74, 6) is -0.843. The van der Waals surface area contributed by atoms with Crippen LogP contribution in [0.5, 0.6) is 0 Å². The Bertz CT molecular complexity index is 825. The van der Waals surface area contributed by atoms with E-state index >= 15 is 0 Å². The Kier molecular flexibility index (Phi) is 5.24. The molecule has 3 rings (SSSR count). The zero-order valence-corrected chi connectivity index (χ0v) is 14.7. The Labute approximate surface area is 154 Å². The summed E-state index contributed by atoms with van der Waals surface area (Å²) in [6.07, 6.45) is -3.77. The average molecular weight is 381 g/mol. The van der Waals surface area contributed by atoms with E-state index in [1.165, 1.54) is 43.3 Å². The maximum atomic E-state index is 13.3. The Morgan fingerprint density at radius 1 is 1.07 bits per heavy atom. The van der Waals surface area contributed by atoms with Gasteiger partial charge in [0.25, 0.3) is 0 Å². The molecule has 1 fully saturated rings. The molecule has 2 aromatic carbocycles. The fraction of sp³-hybridized carbons (Fsp3) is 0.350. The first kappa shape index (κ1) is 19.4. The number of hydrogen-bond donors (Lipinski definition) is 1. The number of ether oxygens (including phenoxy) is 1. The van der Waals surface area contributed by atoms with E-state index in [1.54, 1.807) is 0 Å². The third kappa shape index (κ3) is 3.98. The molecule has 2 aromatic rings. The maximum absolute atomic E-state index is 13.3. The topological polar surface area (TPSA) is 38.3 Å². The molecular weight excluding hydrogens is 362 g/mol. The van der Waals surface area contributed by atoms with Crippen molar-refractivity contribution in [2.75, 3.05) is 18.5 Å². The quantitative estimate of drug-likeness (QED) is 0.773. The van der Waals surface area contributed by atoms with E-state index in [0.717, 1.165) is 6.07 Å². The fourth-order valence-electron chi connectivity index (χ4n) is 3.39. The first-order valence-electron chi connectivity index (χ1n) is 8.55. The van der Waals surface area contributed by atoms with E-state index in [-0.39, 0.29) is 11.3 Å². The van der Waals surface area contributed by atoms with E-state index in [2.05, 4.69) is 5.32 Å². The van der Waals surface area contributed by atoms with Crippen molar-refractivity contribution in [1.29, 1.82) is 0 Å². The second-order valence-electron chi connectivity index (χ2n) is 6.68. The van der Waals surface area contributed by atoms with Crippen LogP contribution in [0.1, 0.15) is 29.5 Å². The van der Waals surface area contributed by atoms with Crippen LogP contribution in [0, 0.1) is 12.7 Å². The van der Waals surface area contributed by atoms with Crippen LogP contribution in [-0.2, 0) is 21.1 Å². The number of carbonyl (C=O) groups is 1. The molecule has 1 N–H and O–H groups in total. The zero-order valence-electron chi connectivity index (χ0n) is 14.7. The van der Waals surface area contributed by atoms with Gasteiger partial charge in [-0.15, -0.1) is 0 Å². The van der Waals surface area contributed by atoms with Gasteiger partial charge < -0.3 is 10.1 Å². The SMILES string of the molecule is Cc1ccc(NC(=O)C2(c3ccc(F)cc3)CCOCC2)cc1C(F)(F)F. The van der Waals surface area contributed by atoms with Gasteiger partial charge >= 0.3 is 6.18 Å². The molecule has 0 aromatic heterocycles. The standard InChI is InChI=1S/C20H19F4NO2/c1-13-2-7-16(12-17(13)20(22,23)24)25-18(26)19(8-10-27-11-9-19)14-3-5-15(21)6-4-14/h2-7,12H,8-11H2,1H3,(H,25,26). The van der Waals surface area contributed by atoms with Crippen molar-refractivity contribution in [3.8, 4) is 0 Å². The van der Waals surface area contributed by atoms with E-state index < -0.39 is 28.9 Å². The van der Waals surface area contributed by atoms with Crippen molar-refractivity contribution in [3.63, 3.8) is 0 Å². The number of rotatable bonds is 3. The molecule has 7 heteroatoms. The van der Waals surface area contributed by atoms with Crippen molar-refractivity contribution in [2.45, 2.75) is 31.4 Å². The minimum absolute atomic E-state index is 0.0749. The lowest BCUT2D eigenvalue weighted by Crippen LogP contribution is -2.44. The molecule has 0 aliphatic carbocycles. The number of anilines is 1. The monoisotopic (exact) mass is 381 g/mol. The molecule has 0 bridgehead atoms.